The first-order valence-corrected chi connectivity index (χ1v) is 6.72. The minimum atomic E-state index is -0.786. The maximum absolute atomic E-state index is 13.0. The lowest BCUT2D eigenvalue weighted by Gasteiger charge is -2.31. The lowest BCUT2D eigenvalue weighted by molar-refractivity contribution is 0.235. The molecule has 1 unspecified atom stereocenters. The van der Waals surface area contributed by atoms with Gasteiger partial charge in [-0.2, -0.15) is 0 Å². The van der Waals surface area contributed by atoms with Gasteiger partial charge >= 0.3 is 0 Å². The SMILES string of the molecule is CN1CCNC(CNCCc2ccc(F)c(F)c2)C1. The van der Waals surface area contributed by atoms with Crippen molar-refractivity contribution in [3.05, 3.63) is 35.4 Å². The summed E-state index contributed by atoms with van der Waals surface area (Å²) in [6, 6.07) is 4.54. The fourth-order valence-corrected chi connectivity index (χ4v) is 2.33. The zero-order valence-electron chi connectivity index (χ0n) is 11.3. The van der Waals surface area contributed by atoms with Crippen LogP contribution in [0.25, 0.3) is 0 Å². The van der Waals surface area contributed by atoms with E-state index in [1.165, 1.54) is 12.1 Å². The quantitative estimate of drug-likeness (QED) is 0.781. The average Bonchev–Trinajstić information content (AvgIpc) is 2.39. The predicted molar refractivity (Wildman–Crippen MR) is 72.2 cm³/mol. The lowest BCUT2D eigenvalue weighted by atomic mass is 10.1. The molecule has 0 spiro atoms. The van der Waals surface area contributed by atoms with E-state index in [-0.39, 0.29) is 0 Å². The molecule has 3 nitrogen and oxygen atoms in total. The van der Waals surface area contributed by atoms with E-state index in [1.807, 2.05) is 0 Å². The van der Waals surface area contributed by atoms with E-state index < -0.39 is 11.6 Å². The van der Waals surface area contributed by atoms with Crippen LogP contribution in [-0.4, -0.2) is 50.7 Å². The van der Waals surface area contributed by atoms with Crippen molar-refractivity contribution in [1.29, 1.82) is 0 Å². The molecule has 1 saturated heterocycles. The molecule has 0 aromatic heterocycles. The topological polar surface area (TPSA) is 27.3 Å². The molecule has 0 aliphatic carbocycles. The normalized spacial score (nSPS) is 20.7. The van der Waals surface area contributed by atoms with E-state index in [0.29, 0.717) is 12.5 Å². The molecule has 1 heterocycles. The summed E-state index contributed by atoms with van der Waals surface area (Å²) in [5, 5.41) is 6.80. The minimum Gasteiger partial charge on any atom is -0.315 e. The number of halogens is 2. The number of likely N-dealkylation sites (N-methyl/N-ethyl adjacent to an activating group) is 1. The van der Waals surface area contributed by atoms with Gasteiger partial charge < -0.3 is 15.5 Å². The van der Waals surface area contributed by atoms with E-state index in [9.17, 15) is 8.78 Å². The molecule has 19 heavy (non-hydrogen) atoms. The van der Waals surface area contributed by atoms with E-state index in [2.05, 4.69) is 22.6 Å². The molecular formula is C14H21F2N3. The highest BCUT2D eigenvalue weighted by Gasteiger charge is 2.15. The fourth-order valence-electron chi connectivity index (χ4n) is 2.33. The number of rotatable bonds is 5. The van der Waals surface area contributed by atoms with Crippen LogP contribution in [0.15, 0.2) is 18.2 Å². The monoisotopic (exact) mass is 269 g/mol. The summed E-state index contributed by atoms with van der Waals surface area (Å²) in [6.45, 7) is 4.82. The first kappa shape index (κ1) is 14.4. The molecule has 106 valence electrons. The number of nitrogens with zero attached hydrogens (tertiary/aromatic N) is 1. The Bertz CT molecular complexity index is 412. The summed E-state index contributed by atoms with van der Waals surface area (Å²) in [4.78, 5) is 2.30. The van der Waals surface area contributed by atoms with Crippen LogP contribution in [0.2, 0.25) is 0 Å². The van der Waals surface area contributed by atoms with Gasteiger partial charge in [-0.05, 0) is 37.7 Å². The van der Waals surface area contributed by atoms with E-state index in [1.54, 1.807) is 6.07 Å². The summed E-state index contributed by atoms with van der Waals surface area (Å²) < 4.78 is 25.8. The molecule has 0 bridgehead atoms. The standard InChI is InChI=1S/C14H21F2N3/c1-19-7-6-18-12(10-19)9-17-5-4-11-2-3-13(15)14(16)8-11/h2-3,8,12,17-18H,4-7,9-10H2,1H3. The Morgan fingerprint density at radius 3 is 2.95 bits per heavy atom. The van der Waals surface area contributed by atoms with Crippen molar-refractivity contribution in [3.8, 4) is 0 Å². The number of hydrogen-bond acceptors (Lipinski definition) is 3. The molecule has 5 heteroatoms. The average molecular weight is 269 g/mol. The van der Waals surface area contributed by atoms with Crippen LogP contribution in [0.3, 0.4) is 0 Å². The van der Waals surface area contributed by atoms with Crippen molar-refractivity contribution in [1.82, 2.24) is 15.5 Å². The van der Waals surface area contributed by atoms with Crippen LogP contribution < -0.4 is 10.6 Å². The zero-order chi connectivity index (χ0) is 13.7. The second-order valence-electron chi connectivity index (χ2n) is 5.12. The second kappa shape index (κ2) is 6.93. The second-order valence-corrected chi connectivity index (χ2v) is 5.12. The summed E-state index contributed by atoms with van der Waals surface area (Å²) in [7, 11) is 2.12. The van der Waals surface area contributed by atoms with E-state index in [4.69, 9.17) is 0 Å². The van der Waals surface area contributed by atoms with Gasteiger partial charge in [-0.3, -0.25) is 0 Å². The Hall–Kier alpha value is -1.04. The number of hydrogen-bond donors (Lipinski definition) is 2. The third-order valence-electron chi connectivity index (χ3n) is 3.42. The van der Waals surface area contributed by atoms with Crippen LogP contribution in [-0.2, 0) is 6.42 Å². The van der Waals surface area contributed by atoms with Gasteiger partial charge in [0, 0.05) is 32.2 Å². The number of nitrogens with one attached hydrogen (secondary N) is 2. The molecular weight excluding hydrogens is 248 g/mol. The molecule has 0 saturated carbocycles. The maximum atomic E-state index is 13.0. The summed E-state index contributed by atoms with van der Waals surface area (Å²) in [5.74, 6) is -1.56. The van der Waals surface area contributed by atoms with Crippen LogP contribution in [0.5, 0.6) is 0 Å². The minimum absolute atomic E-state index is 0.462. The van der Waals surface area contributed by atoms with Crippen LogP contribution in [0, 0.1) is 11.6 Å². The number of benzene rings is 1. The Balaban J connectivity index is 1.67. The summed E-state index contributed by atoms with van der Waals surface area (Å²) >= 11 is 0. The van der Waals surface area contributed by atoms with Gasteiger partial charge in [-0.15, -0.1) is 0 Å². The first-order valence-electron chi connectivity index (χ1n) is 6.72. The van der Waals surface area contributed by atoms with Gasteiger partial charge in [0.2, 0.25) is 0 Å². The molecule has 1 aliphatic heterocycles. The van der Waals surface area contributed by atoms with Gasteiger partial charge in [-0.1, -0.05) is 6.07 Å². The largest absolute Gasteiger partial charge is 0.315 e. The molecule has 0 radical (unpaired) electrons. The molecule has 1 aromatic carbocycles. The van der Waals surface area contributed by atoms with Crippen molar-refractivity contribution in [3.63, 3.8) is 0 Å². The predicted octanol–water partition coefficient (Wildman–Crippen LogP) is 1.00. The number of piperazine rings is 1. The van der Waals surface area contributed by atoms with Crippen molar-refractivity contribution in [2.45, 2.75) is 12.5 Å². The first-order chi connectivity index (χ1) is 9.15. The maximum Gasteiger partial charge on any atom is 0.159 e. The van der Waals surface area contributed by atoms with Gasteiger partial charge in [0.25, 0.3) is 0 Å². The van der Waals surface area contributed by atoms with Gasteiger partial charge in [0.05, 0.1) is 0 Å². The smallest absolute Gasteiger partial charge is 0.159 e. The molecule has 0 amide bonds. The van der Waals surface area contributed by atoms with Gasteiger partial charge in [0.15, 0.2) is 11.6 Å². The van der Waals surface area contributed by atoms with Crippen molar-refractivity contribution < 1.29 is 8.78 Å². The highest BCUT2D eigenvalue weighted by Crippen LogP contribution is 2.08. The molecule has 1 aromatic rings. The van der Waals surface area contributed by atoms with Gasteiger partial charge in [0.1, 0.15) is 0 Å². The fraction of sp³-hybridized carbons (Fsp3) is 0.571. The Morgan fingerprint density at radius 1 is 1.37 bits per heavy atom. The molecule has 2 rings (SSSR count). The van der Waals surface area contributed by atoms with Crippen molar-refractivity contribution in [2.24, 2.45) is 0 Å². The third kappa shape index (κ3) is 4.53. The lowest BCUT2D eigenvalue weighted by Crippen LogP contribution is -2.53. The van der Waals surface area contributed by atoms with Gasteiger partial charge in [-0.25, -0.2) is 8.78 Å². The highest BCUT2D eigenvalue weighted by molar-refractivity contribution is 5.18. The summed E-state index contributed by atoms with van der Waals surface area (Å²) in [6.07, 6.45) is 0.708. The Kier molecular flexibility index (Phi) is 5.24. The molecule has 1 aliphatic rings. The summed E-state index contributed by atoms with van der Waals surface area (Å²) in [5.41, 5.74) is 0.820. The van der Waals surface area contributed by atoms with Crippen LogP contribution in [0.4, 0.5) is 8.78 Å². The highest BCUT2D eigenvalue weighted by atomic mass is 19.2. The van der Waals surface area contributed by atoms with E-state index >= 15 is 0 Å². The Morgan fingerprint density at radius 2 is 2.21 bits per heavy atom. The van der Waals surface area contributed by atoms with Crippen molar-refractivity contribution in [2.75, 3.05) is 39.8 Å². The molecule has 2 N–H and O–H groups in total. The Labute approximate surface area is 113 Å². The van der Waals surface area contributed by atoms with E-state index in [0.717, 1.165) is 38.3 Å². The third-order valence-corrected chi connectivity index (χ3v) is 3.42. The molecule has 1 fully saturated rings. The van der Waals surface area contributed by atoms with Crippen molar-refractivity contribution >= 4 is 0 Å². The van der Waals surface area contributed by atoms with Crippen LogP contribution in [0.1, 0.15) is 5.56 Å². The molecule has 1 atom stereocenters. The van der Waals surface area contributed by atoms with Crippen LogP contribution >= 0.6 is 0 Å². The zero-order valence-corrected chi connectivity index (χ0v) is 11.3.